The maximum Gasteiger partial charge on any atom is 0.254 e. The Hall–Kier alpha value is -4.20. The Morgan fingerprint density at radius 1 is 1.13 bits per heavy atom. The molecule has 2 aromatic carbocycles. The molecular weight excluding hydrogens is 378 g/mol. The topological polar surface area (TPSA) is 103 Å². The number of aryl methyl sites for hydroxylation is 1. The van der Waals surface area contributed by atoms with E-state index in [1.807, 2.05) is 60.0 Å². The van der Waals surface area contributed by atoms with Gasteiger partial charge in [-0.1, -0.05) is 36.4 Å². The van der Waals surface area contributed by atoms with Crippen LogP contribution in [-0.4, -0.2) is 30.1 Å². The third-order valence-corrected chi connectivity index (χ3v) is 5.04. The molecule has 3 heterocycles. The van der Waals surface area contributed by atoms with E-state index in [-0.39, 0.29) is 0 Å². The van der Waals surface area contributed by atoms with Crippen LogP contribution in [0.2, 0.25) is 0 Å². The Kier molecular flexibility index (Phi) is 4.17. The zero-order valence-electron chi connectivity index (χ0n) is 16.3. The number of aromatic nitrogens is 5. The lowest BCUT2D eigenvalue weighted by molar-refractivity contribution is 0.100. The van der Waals surface area contributed by atoms with Crippen LogP contribution in [0.1, 0.15) is 21.6 Å². The van der Waals surface area contributed by atoms with E-state index in [4.69, 9.17) is 10.7 Å². The molecular formula is C22H19N7O. The maximum absolute atomic E-state index is 11.8. The Morgan fingerprint density at radius 3 is 2.77 bits per heavy atom. The van der Waals surface area contributed by atoms with Crippen molar-refractivity contribution in [2.24, 2.45) is 5.73 Å². The summed E-state index contributed by atoms with van der Waals surface area (Å²) in [5.74, 6) is 0.639. The fourth-order valence-corrected chi connectivity index (χ4v) is 3.65. The number of primary amides is 1. The fourth-order valence-electron chi connectivity index (χ4n) is 3.65. The molecule has 0 aliphatic carbocycles. The van der Waals surface area contributed by atoms with E-state index >= 15 is 0 Å². The van der Waals surface area contributed by atoms with Crippen LogP contribution < -0.4 is 11.1 Å². The van der Waals surface area contributed by atoms with Crippen molar-refractivity contribution in [3.8, 4) is 5.95 Å². The normalized spacial score (nSPS) is 11.2. The second-order valence-electron chi connectivity index (χ2n) is 7.02. The number of rotatable bonds is 5. The number of nitrogens with zero attached hydrogens (tertiary/aromatic N) is 5. The largest absolute Gasteiger partial charge is 0.366 e. The highest BCUT2D eigenvalue weighted by atomic mass is 16.1. The van der Waals surface area contributed by atoms with Gasteiger partial charge in [0.15, 0.2) is 11.5 Å². The molecule has 1 amide bonds. The first-order chi connectivity index (χ1) is 14.6. The average molecular weight is 397 g/mol. The van der Waals surface area contributed by atoms with Gasteiger partial charge in [-0.25, -0.2) is 9.50 Å². The number of anilines is 1. The Labute approximate surface area is 172 Å². The van der Waals surface area contributed by atoms with Gasteiger partial charge in [0.2, 0.25) is 5.91 Å². The lowest BCUT2D eigenvalue weighted by atomic mass is 10.1. The van der Waals surface area contributed by atoms with Gasteiger partial charge in [0.05, 0.1) is 5.52 Å². The van der Waals surface area contributed by atoms with Crippen molar-refractivity contribution < 1.29 is 4.79 Å². The van der Waals surface area contributed by atoms with E-state index in [1.165, 1.54) is 0 Å². The van der Waals surface area contributed by atoms with E-state index in [2.05, 4.69) is 15.4 Å². The minimum Gasteiger partial charge on any atom is -0.366 e. The van der Waals surface area contributed by atoms with Gasteiger partial charge in [0.1, 0.15) is 0 Å². The van der Waals surface area contributed by atoms with Gasteiger partial charge in [0.25, 0.3) is 5.95 Å². The van der Waals surface area contributed by atoms with Crippen LogP contribution >= 0.6 is 0 Å². The Bertz CT molecular complexity index is 1390. The molecule has 8 heteroatoms. The van der Waals surface area contributed by atoms with E-state index in [0.29, 0.717) is 29.5 Å². The van der Waals surface area contributed by atoms with Crippen molar-refractivity contribution in [2.45, 2.75) is 13.5 Å². The standard InChI is InChI=1S/C22H19N7O/c1-14-12-17-16(19(23)30)8-5-9-18(17)29(14)22-26-20(21-24-10-11-28(21)27-22)25-13-15-6-3-2-4-7-15/h2-12H,13H2,1H3,(H2,23,30)(H,25,26,27). The van der Waals surface area contributed by atoms with Gasteiger partial charge in [0, 0.05) is 35.6 Å². The number of nitrogens with one attached hydrogen (secondary N) is 1. The van der Waals surface area contributed by atoms with Crippen molar-refractivity contribution in [3.63, 3.8) is 0 Å². The summed E-state index contributed by atoms with van der Waals surface area (Å²) in [5.41, 5.74) is 9.52. The molecule has 0 bridgehead atoms. The van der Waals surface area contributed by atoms with E-state index in [0.717, 1.165) is 22.2 Å². The summed E-state index contributed by atoms with van der Waals surface area (Å²) in [7, 11) is 0. The lowest BCUT2D eigenvalue weighted by Crippen LogP contribution is -2.12. The van der Waals surface area contributed by atoms with Gasteiger partial charge >= 0.3 is 0 Å². The van der Waals surface area contributed by atoms with Crippen LogP contribution in [0, 0.1) is 6.92 Å². The zero-order chi connectivity index (χ0) is 20.7. The summed E-state index contributed by atoms with van der Waals surface area (Å²) in [6.07, 6.45) is 3.47. The molecule has 148 valence electrons. The molecule has 3 N–H and O–H groups in total. The average Bonchev–Trinajstić information content (AvgIpc) is 3.35. The number of nitrogens with two attached hydrogens (primary N) is 1. The van der Waals surface area contributed by atoms with Crippen molar-refractivity contribution in [2.75, 3.05) is 5.32 Å². The summed E-state index contributed by atoms with van der Waals surface area (Å²) < 4.78 is 3.60. The van der Waals surface area contributed by atoms with Crippen molar-refractivity contribution in [3.05, 3.63) is 83.8 Å². The maximum atomic E-state index is 11.8. The van der Waals surface area contributed by atoms with Crippen LogP contribution in [-0.2, 0) is 6.54 Å². The van der Waals surface area contributed by atoms with Gasteiger partial charge in [-0.2, -0.15) is 4.98 Å². The third kappa shape index (κ3) is 2.95. The first kappa shape index (κ1) is 17.9. The molecule has 0 fully saturated rings. The van der Waals surface area contributed by atoms with E-state index in [9.17, 15) is 4.79 Å². The quantitative estimate of drug-likeness (QED) is 0.474. The molecule has 0 radical (unpaired) electrons. The number of benzene rings is 2. The minimum atomic E-state index is -0.464. The number of hydrogen-bond donors (Lipinski definition) is 2. The second kappa shape index (κ2) is 7.00. The number of amides is 1. The van der Waals surface area contributed by atoms with Gasteiger partial charge in [-0.15, -0.1) is 5.10 Å². The monoisotopic (exact) mass is 397 g/mol. The van der Waals surface area contributed by atoms with Crippen molar-refractivity contribution >= 4 is 28.3 Å². The molecule has 0 unspecified atom stereocenters. The third-order valence-electron chi connectivity index (χ3n) is 5.04. The summed E-state index contributed by atoms with van der Waals surface area (Å²) in [6, 6.07) is 17.5. The van der Waals surface area contributed by atoms with Crippen LogP contribution in [0.4, 0.5) is 5.82 Å². The SMILES string of the molecule is Cc1cc2c(C(N)=O)cccc2n1-c1nc(NCc2ccccc2)c2nccn2n1. The number of carbonyl (C=O) groups excluding carboxylic acids is 1. The number of fused-ring (bicyclic) bond motifs is 2. The van der Waals surface area contributed by atoms with Gasteiger partial charge in [-0.3, -0.25) is 9.36 Å². The summed E-state index contributed by atoms with van der Waals surface area (Å²) in [5, 5.41) is 8.77. The minimum absolute atomic E-state index is 0.464. The molecule has 0 saturated heterocycles. The number of hydrogen-bond acceptors (Lipinski definition) is 5. The number of carbonyl (C=O) groups is 1. The fraction of sp³-hybridized carbons (Fsp3) is 0.0909. The first-order valence-electron chi connectivity index (χ1n) is 9.52. The highest BCUT2D eigenvalue weighted by Crippen LogP contribution is 2.26. The Morgan fingerprint density at radius 2 is 1.97 bits per heavy atom. The predicted octanol–water partition coefficient (Wildman–Crippen LogP) is 3.09. The first-order valence-corrected chi connectivity index (χ1v) is 9.52. The van der Waals surface area contributed by atoms with Crippen LogP contribution in [0.5, 0.6) is 0 Å². The predicted molar refractivity (Wildman–Crippen MR) is 115 cm³/mol. The Balaban J connectivity index is 1.64. The summed E-state index contributed by atoms with van der Waals surface area (Å²) >= 11 is 0. The van der Waals surface area contributed by atoms with Crippen LogP contribution in [0.15, 0.2) is 67.0 Å². The van der Waals surface area contributed by atoms with Crippen LogP contribution in [0.3, 0.4) is 0 Å². The molecule has 0 aliphatic heterocycles. The van der Waals surface area contributed by atoms with E-state index < -0.39 is 5.91 Å². The molecule has 0 spiro atoms. The smallest absolute Gasteiger partial charge is 0.254 e. The van der Waals surface area contributed by atoms with Crippen LogP contribution in [0.25, 0.3) is 22.5 Å². The van der Waals surface area contributed by atoms with Gasteiger partial charge in [-0.05, 0) is 30.7 Å². The number of imidazole rings is 1. The molecule has 8 nitrogen and oxygen atoms in total. The molecule has 5 rings (SSSR count). The molecule has 5 aromatic rings. The van der Waals surface area contributed by atoms with Crippen molar-refractivity contribution in [1.82, 2.24) is 24.1 Å². The highest BCUT2D eigenvalue weighted by Gasteiger charge is 2.17. The van der Waals surface area contributed by atoms with Crippen molar-refractivity contribution in [1.29, 1.82) is 0 Å². The molecule has 0 saturated carbocycles. The lowest BCUT2D eigenvalue weighted by Gasteiger charge is -2.11. The van der Waals surface area contributed by atoms with E-state index in [1.54, 1.807) is 23.0 Å². The molecule has 3 aromatic heterocycles. The highest BCUT2D eigenvalue weighted by molar-refractivity contribution is 6.06. The molecule has 0 aliphatic rings. The molecule has 0 atom stereocenters. The zero-order valence-corrected chi connectivity index (χ0v) is 16.3. The second-order valence-corrected chi connectivity index (χ2v) is 7.02. The van der Waals surface area contributed by atoms with Gasteiger partial charge < -0.3 is 11.1 Å². The molecule has 30 heavy (non-hydrogen) atoms. The summed E-state index contributed by atoms with van der Waals surface area (Å²) in [6.45, 7) is 2.56. The summed E-state index contributed by atoms with van der Waals surface area (Å²) in [4.78, 5) is 21.0.